The number of hydrogen-bond acceptors (Lipinski definition) is 5. The number of rotatable bonds is 5. The molecular weight excluding hydrogens is 400 g/mol. The van der Waals surface area contributed by atoms with Crippen LogP contribution in [0.2, 0.25) is 0 Å². The van der Waals surface area contributed by atoms with Crippen molar-refractivity contribution in [1.29, 1.82) is 0 Å². The number of aromatic nitrogens is 2. The summed E-state index contributed by atoms with van der Waals surface area (Å²) in [4.78, 5) is 24.2. The van der Waals surface area contributed by atoms with Crippen LogP contribution >= 0.6 is 0 Å². The quantitative estimate of drug-likeness (QED) is 0.639. The van der Waals surface area contributed by atoms with Crippen molar-refractivity contribution in [3.8, 4) is 0 Å². The van der Waals surface area contributed by atoms with Gasteiger partial charge in [0.15, 0.2) is 0 Å². The molecular formula is C25H36N6O. The van der Waals surface area contributed by atoms with Gasteiger partial charge in [-0.3, -0.25) is 0 Å². The number of amides is 2. The van der Waals surface area contributed by atoms with Crippen LogP contribution in [0.1, 0.15) is 60.9 Å². The number of fused-ring (bicyclic) bond motifs is 1. The maximum absolute atomic E-state index is 12.5. The lowest BCUT2D eigenvalue weighted by Crippen LogP contribution is -2.42. The fraction of sp³-hybridized carbons (Fsp3) is 0.560. The first-order chi connectivity index (χ1) is 15.4. The van der Waals surface area contributed by atoms with Gasteiger partial charge in [0.2, 0.25) is 5.95 Å². The Morgan fingerprint density at radius 2 is 1.59 bits per heavy atom. The molecule has 32 heavy (non-hydrogen) atoms. The standard InChI is InChI=1S/C25H36N6O/c1-16-13-17(2)15-20(14-16)28-25(32)27-19-11-9-18(10-12-19)26-24-29-22-8-6-5-7-21(22)23(30-24)31(3)4/h13-15,18-19H,5-12H2,1-4H3,(H,26,29,30)(H2,27,28,32)/t18-,19+. The predicted octanol–water partition coefficient (Wildman–Crippen LogP) is 4.58. The Hall–Kier alpha value is -2.83. The highest BCUT2D eigenvalue weighted by Crippen LogP contribution is 2.29. The smallest absolute Gasteiger partial charge is 0.319 e. The molecule has 0 atom stereocenters. The number of benzene rings is 1. The van der Waals surface area contributed by atoms with Gasteiger partial charge in [0.05, 0.1) is 5.69 Å². The summed E-state index contributed by atoms with van der Waals surface area (Å²) in [5.74, 6) is 1.80. The molecule has 4 rings (SSSR count). The van der Waals surface area contributed by atoms with Gasteiger partial charge in [-0.2, -0.15) is 4.98 Å². The SMILES string of the molecule is Cc1cc(C)cc(NC(=O)N[C@H]2CC[C@@H](Nc3nc4c(c(N(C)C)n3)CCCC4)CC2)c1. The van der Waals surface area contributed by atoms with E-state index in [1.54, 1.807) is 0 Å². The summed E-state index contributed by atoms with van der Waals surface area (Å²) in [6, 6.07) is 6.50. The number of carbonyl (C=O) groups excluding carboxylic acids is 1. The van der Waals surface area contributed by atoms with Crippen LogP contribution in [-0.2, 0) is 12.8 Å². The molecule has 1 fully saturated rings. The zero-order chi connectivity index (χ0) is 22.7. The molecule has 1 saturated carbocycles. The predicted molar refractivity (Wildman–Crippen MR) is 131 cm³/mol. The number of anilines is 3. The summed E-state index contributed by atoms with van der Waals surface area (Å²) in [5, 5.41) is 9.69. The third-order valence-electron chi connectivity index (χ3n) is 6.46. The summed E-state index contributed by atoms with van der Waals surface area (Å²) in [6.45, 7) is 4.08. The van der Waals surface area contributed by atoms with E-state index < -0.39 is 0 Å². The Bertz CT molecular complexity index is 945. The van der Waals surface area contributed by atoms with Crippen LogP contribution in [-0.4, -0.2) is 42.2 Å². The van der Waals surface area contributed by atoms with Crippen molar-refractivity contribution in [2.45, 2.75) is 77.3 Å². The zero-order valence-corrected chi connectivity index (χ0v) is 19.8. The Labute approximate surface area is 191 Å². The monoisotopic (exact) mass is 436 g/mol. The molecule has 0 spiro atoms. The average molecular weight is 437 g/mol. The molecule has 7 heteroatoms. The first-order valence-corrected chi connectivity index (χ1v) is 11.9. The summed E-state index contributed by atoms with van der Waals surface area (Å²) in [6.07, 6.45) is 8.42. The largest absolute Gasteiger partial charge is 0.362 e. The van der Waals surface area contributed by atoms with Gasteiger partial charge >= 0.3 is 6.03 Å². The first-order valence-electron chi connectivity index (χ1n) is 11.9. The molecule has 2 aromatic rings. The van der Waals surface area contributed by atoms with Crippen LogP contribution in [0.4, 0.5) is 22.2 Å². The molecule has 1 aromatic heterocycles. The lowest BCUT2D eigenvalue weighted by molar-refractivity contribution is 0.243. The van der Waals surface area contributed by atoms with Gasteiger partial charge in [-0.05, 0) is 88.5 Å². The van der Waals surface area contributed by atoms with E-state index in [1.807, 2.05) is 26.0 Å². The summed E-state index contributed by atoms with van der Waals surface area (Å²) >= 11 is 0. The maximum Gasteiger partial charge on any atom is 0.319 e. The number of aryl methyl sites for hydroxylation is 3. The van der Waals surface area contributed by atoms with E-state index in [1.165, 1.54) is 24.1 Å². The molecule has 7 nitrogen and oxygen atoms in total. The van der Waals surface area contributed by atoms with Crippen molar-refractivity contribution in [2.24, 2.45) is 0 Å². The highest BCUT2D eigenvalue weighted by molar-refractivity contribution is 5.89. The molecule has 0 bridgehead atoms. The van der Waals surface area contributed by atoms with Crippen molar-refractivity contribution in [3.05, 3.63) is 40.6 Å². The molecule has 0 unspecified atom stereocenters. The lowest BCUT2D eigenvalue weighted by atomic mass is 9.91. The lowest BCUT2D eigenvalue weighted by Gasteiger charge is -2.30. The third kappa shape index (κ3) is 5.50. The summed E-state index contributed by atoms with van der Waals surface area (Å²) < 4.78 is 0. The molecule has 2 aliphatic rings. The fourth-order valence-corrected chi connectivity index (χ4v) is 4.97. The average Bonchev–Trinajstić information content (AvgIpc) is 2.73. The van der Waals surface area contributed by atoms with Gasteiger partial charge in [-0.1, -0.05) is 6.07 Å². The topological polar surface area (TPSA) is 82.2 Å². The molecule has 172 valence electrons. The van der Waals surface area contributed by atoms with Crippen molar-refractivity contribution in [2.75, 3.05) is 29.6 Å². The van der Waals surface area contributed by atoms with Gasteiger partial charge in [0, 0.05) is 37.4 Å². The van der Waals surface area contributed by atoms with Gasteiger partial charge < -0.3 is 20.9 Å². The van der Waals surface area contributed by atoms with Crippen molar-refractivity contribution >= 4 is 23.5 Å². The maximum atomic E-state index is 12.5. The normalized spacial score (nSPS) is 20.2. The summed E-state index contributed by atoms with van der Waals surface area (Å²) in [7, 11) is 4.11. The number of nitrogens with one attached hydrogen (secondary N) is 3. The van der Waals surface area contributed by atoms with E-state index in [4.69, 9.17) is 9.97 Å². The third-order valence-corrected chi connectivity index (χ3v) is 6.46. The Morgan fingerprint density at radius 1 is 0.938 bits per heavy atom. The van der Waals surface area contributed by atoms with Gasteiger partial charge in [-0.25, -0.2) is 9.78 Å². The summed E-state index contributed by atoms with van der Waals surface area (Å²) in [5.41, 5.74) is 5.66. The van der Waals surface area contributed by atoms with E-state index in [9.17, 15) is 4.79 Å². The minimum atomic E-state index is -0.125. The molecule has 2 amide bonds. The van der Waals surface area contributed by atoms with E-state index >= 15 is 0 Å². The van der Waals surface area contributed by atoms with E-state index in [0.717, 1.165) is 67.1 Å². The number of carbonyl (C=O) groups is 1. The van der Waals surface area contributed by atoms with E-state index in [2.05, 4.69) is 41.0 Å². The van der Waals surface area contributed by atoms with E-state index in [-0.39, 0.29) is 12.1 Å². The number of urea groups is 1. The minimum absolute atomic E-state index is 0.125. The van der Waals surface area contributed by atoms with Gasteiger partial charge in [-0.15, -0.1) is 0 Å². The second-order valence-corrected chi connectivity index (χ2v) is 9.57. The van der Waals surface area contributed by atoms with Crippen LogP contribution in [0.5, 0.6) is 0 Å². The van der Waals surface area contributed by atoms with Crippen molar-refractivity contribution in [1.82, 2.24) is 15.3 Å². The second-order valence-electron chi connectivity index (χ2n) is 9.57. The highest BCUT2D eigenvalue weighted by atomic mass is 16.2. The molecule has 1 heterocycles. The van der Waals surface area contributed by atoms with E-state index in [0.29, 0.717) is 6.04 Å². The molecule has 0 aliphatic heterocycles. The van der Waals surface area contributed by atoms with Crippen LogP contribution in [0.25, 0.3) is 0 Å². The van der Waals surface area contributed by atoms with Crippen molar-refractivity contribution in [3.63, 3.8) is 0 Å². The van der Waals surface area contributed by atoms with Gasteiger partial charge in [0.1, 0.15) is 5.82 Å². The minimum Gasteiger partial charge on any atom is -0.362 e. The highest BCUT2D eigenvalue weighted by Gasteiger charge is 2.25. The zero-order valence-electron chi connectivity index (χ0n) is 19.8. The number of hydrogen-bond donors (Lipinski definition) is 3. The van der Waals surface area contributed by atoms with Crippen LogP contribution in [0.15, 0.2) is 18.2 Å². The first kappa shape index (κ1) is 22.4. The molecule has 0 radical (unpaired) electrons. The Balaban J connectivity index is 1.30. The Morgan fingerprint density at radius 3 is 2.28 bits per heavy atom. The molecule has 1 aromatic carbocycles. The fourth-order valence-electron chi connectivity index (χ4n) is 4.97. The molecule has 2 aliphatic carbocycles. The van der Waals surface area contributed by atoms with Crippen LogP contribution in [0, 0.1) is 13.8 Å². The van der Waals surface area contributed by atoms with Crippen molar-refractivity contribution < 1.29 is 4.79 Å². The van der Waals surface area contributed by atoms with Gasteiger partial charge in [0.25, 0.3) is 0 Å². The van der Waals surface area contributed by atoms with Crippen LogP contribution in [0.3, 0.4) is 0 Å². The number of nitrogens with zero attached hydrogens (tertiary/aromatic N) is 3. The Kier molecular flexibility index (Phi) is 6.82. The molecule has 3 N–H and O–H groups in total. The second kappa shape index (κ2) is 9.76. The molecule has 0 saturated heterocycles. The van der Waals surface area contributed by atoms with Crippen LogP contribution < -0.4 is 20.9 Å².